The molecule has 7 nitrogen and oxygen atoms in total. The van der Waals surface area contributed by atoms with Crippen molar-refractivity contribution in [1.29, 1.82) is 0 Å². The number of rotatable bonds is 7. The molecular weight excluding hydrogens is 491 g/mol. The molecule has 2 heterocycles. The Labute approximate surface area is 195 Å². The first-order valence-electron chi connectivity index (χ1n) is 9.99. The Morgan fingerprint density at radius 2 is 2.00 bits per heavy atom. The number of aryl methyl sites for hydroxylation is 1. The van der Waals surface area contributed by atoms with E-state index < -0.39 is 0 Å². The molecule has 0 atom stereocenters. The first kappa shape index (κ1) is 23.9. The van der Waals surface area contributed by atoms with Gasteiger partial charge in [-0.1, -0.05) is 32.0 Å². The predicted octanol–water partition coefficient (Wildman–Crippen LogP) is 4.41. The Kier molecular flexibility index (Phi) is 8.88. The molecule has 0 aliphatic carbocycles. The van der Waals surface area contributed by atoms with E-state index in [1.807, 2.05) is 49.1 Å². The summed E-state index contributed by atoms with van der Waals surface area (Å²) in [6.45, 7) is 8.38. The highest BCUT2D eigenvalue weighted by Gasteiger charge is 2.15. The third-order valence-electron chi connectivity index (χ3n) is 4.55. The molecule has 8 heteroatoms. The number of nitrogens with one attached hydrogen (secondary N) is 1. The molecule has 3 aromatic rings. The number of nitrogens with zero attached hydrogens (tertiary/aromatic N) is 5. The van der Waals surface area contributed by atoms with Crippen LogP contribution in [0.25, 0.3) is 11.5 Å². The fourth-order valence-corrected chi connectivity index (χ4v) is 3.21. The molecule has 0 bridgehead atoms. The smallest absolute Gasteiger partial charge is 0.226 e. The van der Waals surface area contributed by atoms with Gasteiger partial charge in [-0.3, -0.25) is 4.68 Å². The van der Waals surface area contributed by atoms with Crippen molar-refractivity contribution < 1.29 is 4.42 Å². The van der Waals surface area contributed by atoms with Crippen molar-refractivity contribution in [2.75, 3.05) is 13.6 Å². The average molecular weight is 522 g/mol. The number of oxazole rings is 1. The predicted molar refractivity (Wildman–Crippen MR) is 131 cm³/mol. The number of halogens is 1. The van der Waals surface area contributed by atoms with E-state index in [4.69, 9.17) is 9.41 Å². The van der Waals surface area contributed by atoms with E-state index in [-0.39, 0.29) is 24.0 Å². The second kappa shape index (κ2) is 11.1. The third kappa shape index (κ3) is 6.07. The molecule has 0 spiro atoms. The molecule has 1 aromatic carbocycles. The van der Waals surface area contributed by atoms with E-state index in [1.165, 1.54) is 5.56 Å². The topological polar surface area (TPSA) is 71.5 Å². The number of aromatic nitrogens is 3. The van der Waals surface area contributed by atoms with Crippen molar-refractivity contribution in [3.63, 3.8) is 0 Å². The van der Waals surface area contributed by atoms with Crippen LogP contribution in [0.5, 0.6) is 0 Å². The first-order chi connectivity index (χ1) is 14.0. The summed E-state index contributed by atoms with van der Waals surface area (Å²) in [4.78, 5) is 11.4. The van der Waals surface area contributed by atoms with Gasteiger partial charge in [-0.25, -0.2) is 9.98 Å². The maximum absolute atomic E-state index is 5.62. The van der Waals surface area contributed by atoms with Crippen LogP contribution in [0.15, 0.2) is 52.2 Å². The van der Waals surface area contributed by atoms with Gasteiger partial charge in [-0.15, -0.1) is 24.0 Å². The van der Waals surface area contributed by atoms with Crippen LogP contribution in [0.1, 0.15) is 43.6 Å². The van der Waals surface area contributed by atoms with Gasteiger partial charge >= 0.3 is 0 Å². The van der Waals surface area contributed by atoms with Crippen LogP contribution in [0, 0.1) is 0 Å². The number of hydrogen-bond donors (Lipinski definition) is 1. The number of hydrogen-bond acceptors (Lipinski definition) is 4. The normalized spacial score (nSPS) is 11.5. The minimum Gasteiger partial charge on any atom is -0.444 e. The average Bonchev–Trinajstić information content (AvgIpc) is 3.32. The molecule has 0 saturated carbocycles. The minimum atomic E-state index is 0. The van der Waals surface area contributed by atoms with Crippen molar-refractivity contribution in [3.8, 4) is 11.5 Å². The minimum absolute atomic E-state index is 0. The highest BCUT2D eigenvalue weighted by Crippen LogP contribution is 2.20. The van der Waals surface area contributed by atoms with Crippen molar-refractivity contribution in [2.45, 2.75) is 39.8 Å². The van der Waals surface area contributed by atoms with Crippen molar-refractivity contribution in [2.24, 2.45) is 12.0 Å². The summed E-state index contributed by atoms with van der Waals surface area (Å²) in [5.74, 6) is 1.83. The maximum Gasteiger partial charge on any atom is 0.226 e. The van der Waals surface area contributed by atoms with Crippen molar-refractivity contribution in [1.82, 2.24) is 25.0 Å². The van der Waals surface area contributed by atoms with E-state index >= 15 is 0 Å². The summed E-state index contributed by atoms with van der Waals surface area (Å²) in [5.41, 5.74) is 4.10. The van der Waals surface area contributed by atoms with Crippen molar-refractivity contribution in [3.05, 3.63) is 59.7 Å². The second-order valence-corrected chi connectivity index (χ2v) is 7.40. The summed E-state index contributed by atoms with van der Waals surface area (Å²) in [6.07, 6.45) is 3.76. The third-order valence-corrected chi connectivity index (χ3v) is 4.55. The molecule has 0 amide bonds. The fourth-order valence-electron chi connectivity index (χ4n) is 3.21. The van der Waals surface area contributed by atoms with Gasteiger partial charge in [-0.2, -0.15) is 5.10 Å². The lowest BCUT2D eigenvalue weighted by Gasteiger charge is -2.22. The van der Waals surface area contributed by atoms with Crippen LogP contribution in [0.4, 0.5) is 0 Å². The summed E-state index contributed by atoms with van der Waals surface area (Å²) < 4.78 is 7.50. The molecule has 0 radical (unpaired) electrons. The van der Waals surface area contributed by atoms with Crippen LogP contribution >= 0.6 is 24.0 Å². The summed E-state index contributed by atoms with van der Waals surface area (Å²) in [7, 11) is 4.00. The quantitative estimate of drug-likeness (QED) is 0.283. The van der Waals surface area contributed by atoms with Crippen LogP contribution in [-0.4, -0.2) is 39.2 Å². The highest BCUT2D eigenvalue weighted by atomic mass is 127. The standard InChI is InChI=1S/C22H30N6O.HI/c1-6-23-22(27(4)13-18-14-28(5)26-20(18)16(2)3)24-12-19-15-29-21(25-19)17-10-8-7-9-11-17;/h7-11,14-16H,6,12-13H2,1-5H3,(H,23,24);1H. The molecule has 0 unspecified atom stereocenters. The SMILES string of the molecule is CCNC(=NCc1coc(-c2ccccc2)n1)N(C)Cc1cn(C)nc1C(C)C.I. The summed E-state index contributed by atoms with van der Waals surface area (Å²) in [6, 6.07) is 9.88. The molecule has 0 aliphatic rings. The molecule has 0 fully saturated rings. The number of benzene rings is 1. The van der Waals surface area contributed by atoms with Gasteiger partial charge in [0.15, 0.2) is 5.96 Å². The lowest BCUT2D eigenvalue weighted by molar-refractivity contribution is 0.473. The Morgan fingerprint density at radius 3 is 2.67 bits per heavy atom. The second-order valence-electron chi connectivity index (χ2n) is 7.40. The maximum atomic E-state index is 5.62. The highest BCUT2D eigenvalue weighted by molar-refractivity contribution is 14.0. The number of aliphatic imine (C=N–C) groups is 1. The molecule has 30 heavy (non-hydrogen) atoms. The van der Waals surface area contributed by atoms with Gasteiger partial charge in [0.05, 0.1) is 12.2 Å². The van der Waals surface area contributed by atoms with Crippen LogP contribution in [0.2, 0.25) is 0 Å². The van der Waals surface area contributed by atoms with Crippen LogP contribution in [-0.2, 0) is 20.1 Å². The van der Waals surface area contributed by atoms with Crippen molar-refractivity contribution >= 4 is 29.9 Å². The number of guanidine groups is 1. The molecule has 1 N–H and O–H groups in total. The zero-order valence-corrected chi connectivity index (χ0v) is 20.6. The van der Waals surface area contributed by atoms with E-state index in [2.05, 4.69) is 47.3 Å². The molecule has 162 valence electrons. The van der Waals surface area contributed by atoms with Gasteiger partial charge in [-0.05, 0) is 25.0 Å². The van der Waals surface area contributed by atoms with Gasteiger partial charge in [0.1, 0.15) is 12.0 Å². The van der Waals surface area contributed by atoms with E-state index in [0.29, 0.717) is 18.4 Å². The zero-order chi connectivity index (χ0) is 20.8. The fraction of sp³-hybridized carbons (Fsp3) is 0.409. The Morgan fingerprint density at radius 1 is 1.27 bits per heavy atom. The Hall–Kier alpha value is -2.36. The largest absolute Gasteiger partial charge is 0.444 e. The Balaban J connectivity index is 0.00000320. The van der Waals surface area contributed by atoms with Gasteiger partial charge in [0.2, 0.25) is 5.89 Å². The molecule has 2 aromatic heterocycles. The monoisotopic (exact) mass is 522 g/mol. The lowest BCUT2D eigenvalue weighted by atomic mass is 10.1. The van der Waals surface area contributed by atoms with Crippen LogP contribution in [0.3, 0.4) is 0 Å². The molecule has 0 aliphatic heterocycles. The molecule has 0 saturated heterocycles. The van der Waals surface area contributed by atoms with Crippen LogP contribution < -0.4 is 5.32 Å². The van der Waals surface area contributed by atoms with E-state index in [1.54, 1.807) is 6.26 Å². The zero-order valence-electron chi connectivity index (χ0n) is 18.3. The summed E-state index contributed by atoms with van der Waals surface area (Å²) in [5, 5.41) is 7.96. The van der Waals surface area contributed by atoms with Gasteiger partial charge < -0.3 is 14.6 Å². The molecular formula is C22H31IN6O. The summed E-state index contributed by atoms with van der Waals surface area (Å²) >= 11 is 0. The van der Waals surface area contributed by atoms with Gasteiger partial charge in [0, 0.05) is 44.5 Å². The first-order valence-corrected chi connectivity index (χ1v) is 9.99. The van der Waals surface area contributed by atoms with Gasteiger partial charge in [0.25, 0.3) is 0 Å². The molecule has 3 rings (SSSR count). The Bertz CT molecular complexity index is 948. The lowest BCUT2D eigenvalue weighted by Crippen LogP contribution is -2.38. The van der Waals surface area contributed by atoms with E-state index in [0.717, 1.165) is 36.0 Å². The van der Waals surface area contributed by atoms with E-state index in [9.17, 15) is 0 Å².